The average Bonchev–Trinajstić information content (AvgIpc) is 2.30. The monoisotopic (exact) mass is 258 g/mol. The number of ether oxygens (including phenoxy) is 1. The number of rotatable bonds is 5. The Morgan fingerprint density at radius 3 is 3.00 bits per heavy atom. The Labute approximate surface area is 105 Å². The molecular formula is C11H15ClN2O3. The summed E-state index contributed by atoms with van der Waals surface area (Å²) in [6, 6.07) is 4.81. The molecule has 6 heteroatoms. The van der Waals surface area contributed by atoms with Crippen LogP contribution in [-0.4, -0.2) is 30.3 Å². The van der Waals surface area contributed by atoms with Crippen molar-refractivity contribution in [3.8, 4) is 0 Å². The number of carbonyl (C=O) groups is 1. The van der Waals surface area contributed by atoms with Gasteiger partial charge in [0.25, 0.3) is 5.91 Å². The summed E-state index contributed by atoms with van der Waals surface area (Å²) in [5, 5.41) is 11.7. The van der Waals surface area contributed by atoms with Gasteiger partial charge in [-0.05, 0) is 25.1 Å². The van der Waals surface area contributed by atoms with Crippen LogP contribution in [0.2, 0.25) is 5.02 Å². The summed E-state index contributed by atoms with van der Waals surface area (Å²) in [6.07, 6.45) is -0.666. The van der Waals surface area contributed by atoms with Crippen molar-refractivity contribution in [1.29, 1.82) is 0 Å². The maximum absolute atomic E-state index is 11.7. The van der Waals surface area contributed by atoms with Crippen molar-refractivity contribution in [3.05, 3.63) is 23.2 Å². The first-order valence-electron chi connectivity index (χ1n) is 5.13. The standard InChI is InChI=1S/C11H15ClN2O3/c1-7(17-5-4-15)11(16)14-10-6-8(12)2-3-9(10)13/h2-3,6-7,15H,4-5,13H2,1H3,(H,14,16). The van der Waals surface area contributed by atoms with Crippen LogP contribution in [0.5, 0.6) is 0 Å². The maximum Gasteiger partial charge on any atom is 0.253 e. The van der Waals surface area contributed by atoms with Gasteiger partial charge in [-0.3, -0.25) is 4.79 Å². The van der Waals surface area contributed by atoms with E-state index in [0.29, 0.717) is 16.4 Å². The number of aliphatic hydroxyl groups is 1. The molecule has 5 nitrogen and oxygen atoms in total. The Morgan fingerprint density at radius 1 is 1.65 bits per heavy atom. The molecule has 0 aromatic heterocycles. The van der Waals surface area contributed by atoms with Crippen molar-refractivity contribution >= 4 is 28.9 Å². The van der Waals surface area contributed by atoms with E-state index in [0.717, 1.165) is 0 Å². The topological polar surface area (TPSA) is 84.6 Å². The third-order valence-corrected chi connectivity index (χ3v) is 2.34. The van der Waals surface area contributed by atoms with Crippen molar-refractivity contribution in [2.45, 2.75) is 13.0 Å². The lowest BCUT2D eigenvalue weighted by atomic mass is 10.2. The van der Waals surface area contributed by atoms with Crippen molar-refractivity contribution in [1.82, 2.24) is 0 Å². The zero-order chi connectivity index (χ0) is 12.8. The van der Waals surface area contributed by atoms with Crippen molar-refractivity contribution < 1.29 is 14.6 Å². The number of aliphatic hydroxyl groups excluding tert-OH is 1. The maximum atomic E-state index is 11.7. The van der Waals surface area contributed by atoms with Gasteiger partial charge in [0.05, 0.1) is 24.6 Å². The third kappa shape index (κ3) is 4.22. The van der Waals surface area contributed by atoms with E-state index in [2.05, 4.69) is 5.32 Å². The first-order valence-corrected chi connectivity index (χ1v) is 5.50. The number of hydrogen-bond donors (Lipinski definition) is 3. The van der Waals surface area contributed by atoms with Gasteiger partial charge in [-0.25, -0.2) is 0 Å². The number of carbonyl (C=O) groups excluding carboxylic acids is 1. The van der Waals surface area contributed by atoms with Crippen LogP contribution in [0.25, 0.3) is 0 Å². The van der Waals surface area contributed by atoms with E-state index in [9.17, 15) is 4.79 Å². The fourth-order valence-electron chi connectivity index (χ4n) is 1.18. The third-order valence-electron chi connectivity index (χ3n) is 2.10. The highest BCUT2D eigenvalue weighted by molar-refractivity contribution is 6.31. The average molecular weight is 259 g/mol. The number of benzene rings is 1. The first-order chi connectivity index (χ1) is 8.04. The quantitative estimate of drug-likeness (QED) is 0.694. The lowest BCUT2D eigenvalue weighted by Crippen LogP contribution is -2.28. The normalized spacial score (nSPS) is 12.2. The second-order valence-electron chi connectivity index (χ2n) is 3.46. The van der Waals surface area contributed by atoms with Gasteiger partial charge >= 0.3 is 0 Å². The van der Waals surface area contributed by atoms with E-state index in [1.807, 2.05) is 0 Å². The number of amides is 1. The summed E-state index contributed by atoms with van der Waals surface area (Å²) in [7, 11) is 0. The van der Waals surface area contributed by atoms with Gasteiger partial charge in [0.2, 0.25) is 0 Å². The molecule has 0 aliphatic heterocycles. The van der Waals surface area contributed by atoms with E-state index in [1.165, 1.54) is 0 Å². The zero-order valence-electron chi connectivity index (χ0n) is 9.44. The van der Waals surface area contributed by atoms with Gasteiger partial charge in [0.15, 0.2) is 0 Å². The molecule has 17 heavy (non-hydrogen) atoms. The van der Waals surface area contributed by atoms with Crippen molar-refractivity contribution in [3.63, 3.8) is 0 Å². The summed E-state index contributed by atoms with van der Waals surface area (Å²) in [5.74, 6) is -0.340. The van der Waals surface area contributed by atoms with E-state index in [1.54, 1.807) is 25.1 Å². The molecule has 1 amide bonds. The molecule has 1 aromatic carbocycles. The van der Waals surface area contributed by atoms with Crippen LogP contribution < -0.4 is 11.1 Å². The molecule has 4 N–H and O–H groups in total. The Bertz CT molecular complexity index is 398. The molecule has 0 bridgehead atoms. The fourth-order valence-corrected chi connectivity index (χ4v) is 1.35. The molecule has 1 rings (SSSR count). The minimum Gasteiger partial charge on any atom is -0.397 e. The Kier molecular flexibility index (Phi) is 5.21. The fraction of sp³-hybridized carbons (Fsp3) is 0.364. The van der Waals surface area contributed by atoms with Gasteiger partial charge in [-0.1, -0.05) is 11.6 Å². The second-order valence-corrected chi connectivity index (χ2v) is 3.89. The smallest absolute Gasteiger partial charge is 0.253 e. The van der Waals surface area contributed by atoms with Crippen LogP contribution in [0.4, 0.5) is 11.4 Å². The van der Waals surface area contributed by atoms with Crippen LogP contribution in [0.1, 0.15) is 6.92 Å². The highest BCUT2D eigenvalue weighted by atomic mass is 35.5. The van der Waals surface area contributed by atoms with Crippen LogP contribution in [0, 0.1) is 0 Å². The molecule has 1 unspecified atom stereocenters. The molecule has 94 valence electrons. The van der Waals surface area contributed by atoms with E-state index < -0.39 is 6.10 Å². The zero-order valence-corrected chi connectivity index (χ0v) is 10.2. The molecule has 1 aromatic rings. The molecule has 0 fully saturated rings. The lowest BCUT2D eigenvalue weighted by molar-refractivity contribution is -0.126. The van der Waals surface area contributed by atoms with E-state index >= 15 is 0 Å². The SMILES string of the molecule is CC(OCCO)C(=O)Nc1cc(Cl)ccc1N. The molecular weight excluding hydrogens is 244 g/mol. The molecule has 0 saturated carbocycles. The molecule has 0 aliphatic rings. The summed E-state index contributed by atoms with van der Waals surface area (Å²) in [4.78, 5) is 11.7. The van der Waals surface area contributed by atoms with Crippen LogP contribution in [-0.2, 0) is 9.53 Å². The molecule has 1 atom stereocenters. The Balaban J connectivity index is 2.64. The molecule has 0 aliphatic carbocycles. The molecule has 0 saturated heterocycles. The highest BCUT2D eigenvalue weighted by Gasteiger charge is 2.14. The van der Waals surface area contributed by atoms with Crippen LogP contribution >= 0.6 is 11.6 Å². The summed E-state index contributed by atoms with van der Waals surface area (Å²) in [5.41, 5.74) is 6.56. The van der Waals surface area contributed by atoms with E-state index in [4.69, 9.17) is 27.2 Å². The number of nitrogen functional groups attached to an aromatic ring is 1. The predicted octanol–water partition coefficient (Wildman–Crippen LogP) is 1.26. The van der Waals surface area contributed by atoms with Gasteiger partial charge in [-0.15, -0.1) is 0 Å². The largest absolute Gasteiger partial charge is 0.397 e. The lowest BCUT2D eigenvalue weighted by Gasteiger charge is -2.14. The highest BCUT2D eigenvalue weighted by Crippen LogP contribution is 2.23. The van der Waals surface area contributed by atoms with Crippen LogP contribution in [0.3, 0.4) is 0 Å². The minimum absolute atomic E-state index is 0.111. The summed E-state index contributed by atoms with van der Waals surface area (Å²) < 4.78 is 5.06. The molecule has 0 spiro atoms. The van der Waals surface area contributed by atoms with Crippen molar-refractivity contribution in [2.24, 2.45) is 0 Å². The molecule has 0 heterocycles. The Morgan fingerprint density at radius 2 is 2.35 bits per heavy atom. The Hall–Kier alpha value is -1.30. The molecule has 0 radical (unpaired) electrons. The van der Waals surface area contributed by atoms with Gasteiger partial charge < -0.3 is 20.9 Å². The number of hydrogen-bond acceptors (Lipinski definition) is 4. The second kappa shape index (κ2) is 6.44. The van der Waals surface area contributed by atoms with Gasteiger partial charge in [-0.2, -0.15) is 0 Å². The summed E-state index contributed by atoms with van der Waals surface area (Å²) in [6.45, 7) is 1.57. The number of nitrogens with one attached hydrogen (secondary N) is 1. The van der Waals surface area contributed by atoms with E-state index in [-0.39, 0.29) is 19.1 Å². The van der Waals surface area contributed by atoms with Crippen molar-refractivity contribution in [2.75, 3.05) is 24.3 Å². The predicted molar refractivity (Wildman–Crippen MR) is 67.0 cm³/mol. The first kappa shape index (κ1) is 13.8. The number of anilines is 2. The number of halogens is 1. The van der Waals surface area contributed by atoms with Gasteiger partial charge in [0, 0.05) is 5.02 Å². The summed E-state index contributed by atoms with van der Waals surface area (Å²) >= 11 is 5.79. The minimum atomic E-state index is -0.666. The van der Waals surface area contributed by atoms with Gasteiger partial charge in [0.1, 0.15) is 6.10 Å². The number of nitrogens with two attached hydrogens (primary N) is 1. The van der Waals surface area contributed by atoms with Crippen LogP contribution in [0.15, 0.2) is 18.2 Å².